The molecule has 0 aliphatic carbocycles. The molecular weight excluding hydrogens is 469 g/mol. The lowest BCUT2D eigenvalue weighted by Gasteiger charge is -2.17. The Morgan fingerprint density at radius 2 is 1.84 bits per heavy atom. The van der Waals surface area contributed by atoms with Gasteiger partial charge in [-0.25, -0.2) is 4.39 Å². The highest BCUT2D eigenvalue weighted by Gasteiger charge is 2.24. The summed E-state index contributed by atoms with van der Waals surface area (Å²) in [6.45, 7) is 3.30. The Hall–Kier alpha value is -4.00. The van der Waals surface area contributed by atoms with E-state index < -0.39 is 10.8 Å². The third kappa shape index (κ3) is 6.61. The van der Waals surface area contributed by atoms with E-state index >= 15 is 0 Å². The van der Waals surface area contributed by atoms with E-state index in [0.717, 1.165) is 42.3 Å². The minimum Gasteiger partial charge on any atom is -0.356 e. The first-order valence-electron chi connectivity index (χ1n) is 12.8. The lowest BCUT2D eigenvalue weighted by Crippen LogP contribution is -2.26. The molecule has 0 bridgehead atoms. The molecule has 1 heterocycles. The number of rotatable bonds is 12. The van der Waals surface area contributed by atoms with Crippen molar-refractivity contribution in [2.45, 2.75) is 51.5 Å². The number of hydrogen-bond acceptors (Lipinski definition) is 3. The van der Waals surface area contributed by atoms with Crippen LogP contribution in [0.15, 0.2) is 79.0 Å². The van der Waals surface area contributed by atoms with Crippen molar-refractivity contribution in [1.29, 1.82) is 0 Å². The van der Waals surface area contributed by atoms with Crippen molar-refractivity contribution < 1.29 is 14.1 Å². The van der Waals surface area contributed by atoms with E-state index in [1.54, 1.807) is 24.3 Å². The number of aromatic nitrogens is 1. The van der Waals surface area contributed by atoms with Gasteiger partial charge in [-0.2, -0.15) is 0 Å². The SMILES string of the molecule is CCCCCCNC(=O)C[C@H](c1cccc(F)c1)c1cn(Cc2ccccc2)c2ccc([N+](=O)[O-])cc12. The zero-order valence-corrected chi connectivity index (χ0v) is 21.0. The third-order valence-corrected chi connectivity index (χ3v) is 6.67. The molecule has 0 fully saturated rings. The zero-order valence-electron chi connectivity index (χ0n) is 21.0. The van der Waals surface area contributed by atoms with Gasteiger partial charge in [-0.3, -0.25) is 14.9 Å². The summed E-state index contributed by atoms with van der Waals surface area (Å²) < 4.78 is 16.3. The van der Waals surface area contributed by atoms with Crippen LogP contribution in [-0.2, 0) is 11.3 Å². The van der Waals surface area contributed by atoms with Crippen LogP contribution in [-0.4, -0.2) is 21.9 Å². The van der Waals surface area contributed by atoms with E-state index in [1.807, 2.05) is 41.1 Å². The Morgan fingerprint density at radius 3 is 2.57 bits per heavy atom. The number of carbonyl (C=O) groups excluding carboxylic acids is 1. The Balaban J connectivity index is 1.74. The molecule has 192 valence electrons. The topological polar surface area (TPSA) is 77.2 Å². The Morgan fingerprint density at radius 1 is 1.03 bits per heavy atom. The smallest absolute Gasteiger partial charge is 0.270 e. The molecule has 37 heavy (non-hydrogen) atoms. The zero-order chi connectivity index (χ0) is 26.2. The molecule has 1 N–H and O–H groups in total. The molecule has 0 saturated heterocycles. The highest BCUT2D eigenvalue weighted by molar-refractivity contribution is 5.88. The Labute approximate surface area is 216 Å². The maximum Gasteiger partial charge on any atom is 0.270 e. The number of benzene rings is 3. The maximum absolute atomic E-state index is 14.3. The lowest BCUT2D eigenvalue weighted by atomic mass is 9.88. The molecule has 3 aromatic carbocycles. The summed E-state index contributed by atoms with van der Waals surface area (Å²) >= 11 is 0. The van der Waals surface area contributed by atoms with Crippen molar-refractivity contribution in [2.24, 2.45) is 0 Å². The van der Waals surface area contributed by atoms with Crippen LogP contribution >= 0.6 is 0 Å². The predicted octanol–water partition coefficient (Wildman–Crippen LogP) is 6.96. The molecular formula is C30H32FN3O3. The number of hydrogen-bond donors (Lipinski definition) is 1. The van der Waals surface area contributed by atoms with Gasteiger partial charge in [-0.05, 0) is 41.3 Å². The molecule has 1 atom stereocenters. The van der Waals surface area contributed by atoms with Crippen LogP contribution in [0.4, 0.5) is 10.1 Å². The summed E-state index contributed by atoms with van der Waals surface area (Å²) in [6, 6.07) is 21.0. The first kappa shape index (κ1) is 26.1. The van der Waals surface area contributed by atoms with Gasteiger partial charge in [0.1, 0.15) is 5.82 Å². The van der Waals surface area contributed by atoms with Gasteiger partial charge >= 0.3 is 0 Å². The molecule has 1 aromatic heterocycles. The quantitative estimate of drug-likeness (QED) is 0.130. The Bertz CT molecular complexity index is 1370. The summed E-state index contributed by atoms with van der Waals surface area (Å²) in [7, 11) is 0. The van der Waals surface area contributed by atoms with Crippen molar-refractivity contribution in [3.05, 3.63) is 112 Å². The van der Waals surface area contributed by atoms with Crippen molar-refractivity contribution in [1.82, 2.24) is 9.88 Å². The number of nitro groups is 1. The average molecular weight is 502 g/mol. The van der Waals surface area contributed by atoms with Crippen LogP contribution in [0, 0.1) is 15.9 Å². The number of carbonyl (C=O) groups is 1. The van der Waals surface area contributed by atoms with Crippen molar-refractivity contribution in [2.75, 3.05) is 6.54 Å². The monoisotopic (exact) mass is 501 g/mol. The highest BCUT2D eigenvalue weighted by atomic mass is 19.1. The van der Waals surface area contributed by atoms with Gasteiger partial charge in [0.25, 0.3) is 5.69 Å². The van der Waals surface area contributed by atoms with Gasteiger partial charge in [0.2, 0.25) is 5.91 Å². The summed E-state index contributed by atoms with van der Waals surface area (Å²) in [5, 5.41) is 15.3. The fraction of sp³-hybridized carbons (Fsp3) is 0.300. The summed E-state index contributed by atoms with van der Waals surface area (Å²) in [4.78, 5) is 24.2. The van der Waals surface area contributed by atoms with Crippen molar-refractivity contribution in [3.8, 4) is 0 Å². The van der Waals surface area contributed by atoms with Crippen LogP contribution in [0.5, 0.6) is 0 Å². The number of nitrogens with zero attached hydrogens (tertiary/aromatic N) is 2. The second kappa shape index (κ2) is 12.3. The van der Waals surface area contributed by atoms with Gasteiger partial charge in [-0.1, -0.05) is 68.7 Å². The van der Waals surface area contributed by atoms with E-state index in [-0.39, 0.29) is 23.8 Å². The lowest BCUT2D eigenvalue weighted by molar-refractivity contribution is -0.384. The molecule has 0 saturated carbocycles. The normalized spacial score (nSPS) is 11.9. The number of non-ortho nitro benzene ring substituents is 1. The van der Waals surface area contributed by atoms with Crippen LogP contribution in [0.1, 0.15) is 61.6 Å². The number of halogens is 1. The molecule has 0 spiro atoms. The molecule has 1 amide bonds. The largest absolute Gasteiger partial charge is 0.356 e. The number of fused-ring (bicyclic) bond motifs is 1. The van der Waals surface area contributed by atoms with E-state index in [1.165, 1.54) is 18.2 Å². The van der Waals surface area contributed by atoms with E-state index in [2.05, 4.69) is 12.2 Å². The summed E-state index contributed by atoms with van der Waals surface area (Å²) in [5.41, 5.74) is 3.31. The standard InChI is InChI=1S/C30H32FN3O3/c1-2-3-4-8-16-32-30(35)19-26(23-12-9-13-24(31)17-23)28-21-33(20-22-10-6-5-7-11-22)29-15-14-25(34(36)37)18-27(28)29/h5-7,9-15,17-18,21,26H,2-4,8,16,19-20H2,1H3,(H,32,35)/t26-/m1/s1. The maximum atomic E-state index is 14.3. The average Bonchev–Trinajstić information content (AvgIpc) is 3.25. The van der Waals surface area contributed by atoms with Gasteiger partial charge in [0.15, 0.2) is 0 Å². The third-order valence-electron chi connectivity index (χ3n) is 6.67. The molecule has 0 aliphatic heterocycles. The van der Waals surface area contributed by atoms with E-state index in [4.69, 9.17) is 0 Å². The van der Waals surface area contributed by atoms with Crippen LogP contribution in [0.3, 0.4) is 0 Å². The fourth-order valence-corrected chi connectivity index (χ4v) is 4.78. The first-order valence-corrected chi connectivity index (χ1v) is 12.8. The number of unbranched alkanes of at least 4 members (excludes halogenated alkanes) is 3. The molecule has 0 unspecified atom stereocenters. The molecule has 4 rings (SSSR count). The molecule has 0 radical (unpaired) electrons. The summed E-state index contributed by atoms with van der Waals surface area (Å²) in [6.07, 6.45) is 6.28. The second-order valence-electron chi connectivity index (χ2n) is 9.38. The van der Waals surface area contributed by atoms with Gasteiger partial charge in [0.05, 0.1) is 4.92 Å². The molecule has 0 aliphatic rings. The Kier molecular flexibility index (Phi) is 8.67. The van der Waals surface area contributed by atoms with Crippen LogP contribution in [0.25, 0.3) is 10.9 Å². The molecule has 7 heteroatoms. The second-order valence-corrected chi connectivity index (χ2v) is 9.38. The minimum atomic E-state index is -0.465. The minimum absolute atomic E-state index is 0.0235. The number of amides is 1. The van der Waals surface area contributed by atoms with Gasteiger partial charge in [0, 0.05) is 54.7 Å². The van der Waals surface area contributed by atoms with Crippen molar-refractivity contribution >= 4 is 22.5 Å². The van der Waals surface area contributed by atoms with Crippen molar-refractivity contribution in [3.63, 3.8) is 0 Å². The molecule has 6 nitrogen and oxygen atoms in total. The number of nitrogens with one attached hydrogen (secondary N) is 1. The van der Waals surface area contributed by atoms with E-state index in [9.17, 15) is 19.3 Å². The first-order chi connectivity index (χ1) is 18.0. The molecule has 4 aromatic rings. The number of nitro benzene ring substituents is 1. The fourth-order valence-electron chi connectivity index (χ4n) is 4.78. The predicted molar refractivity (Wildman–Crippen MR) is 144 cm³/mol. The summed E-state index contributed by atoms with van der Waals surface area (Å²) in [5.74, 6) is -0.977. The van der Waals surface area contributed by atoms with Gasteiger partial charge in [-0.15, -0.1) is 0 Å². The highest BCUT2D eigenvalue weighted by Crippen LogP contribution is 2.37. The van der Waals surface area contributed by atoms with Crippen LogP contribution < -0.4 is 5.32 Å². The van der Waals surface area contributed by atoms with Crippen LogP contribution in [0.2, 0.25) is 0 Å². The van der Waals surface area contributed by atoms with E-state index in [0.29, 0.717) is 24.0 Å². The van der Waals surface area contributed by atoms with Gasteiger partial charge < -0.3 is 9.88 Å².